The molecule has 0 N–H and O–H groups in total. The summed E-state index contributed by atoms with van der Waals surface area (Å²) in [6, 6.07) is 44.8. The maximum atomic E-state index is 14.8. The van der Waals surface area contributed by atoms with Crippen LogP contribution in [0.1, 0.15) is 34.3 Å². The third-order valence-electron chi connectivity index (χ3n) is 9.99. The number of allylic oxidation sites excluding steroid dienone is 2. The van der Waals surface area contributed by atoms with Crippen LogP contribution in [-0.4, -0.2) is 16.4 Å². The number of hydrogen-bond donors (Lipinski definition) is 0. The molecule has 6 aromatic rings. The van der Waals surface area contributed by atoms with Crippen molar-refractivity contribution in [3.63, 3.8) is 0 Å². The molecule has 0 saturated carbocycles. The van der Waals surface area contributed by atoms with E-state index in [2.05, 4.69) is 70.1 Å². The molecule has 230 valence electrons. The van der Waals surface area contributed by atoms with Crippen LogP contribution in [0, 0.1) is 5.92 Å². The first-order valence-corrected chi connectivity index (χ1v) is 16.6. The number of carbonyl (C=O) groups is 1. The highest BCUT2D eigenvalue weighted by molar-refractivity contribution is 6.12. The lowest BCUT2D eigenvalue weighted by Crippen LogP contribution is -2.49. The van der Waals surface area contributed by atoms with E-state index in [4.69, 9.17) is 0 Å². The van der Waals surface area contributed by atoms with Gasteiger partial charge in [-0.3, -0.25) is 9.59 Å². The van der Waals surface area contributed by atoms with Crippen LogP contribution in [0.25, 0.3) is 33.8 Å². The Kier molecular flexibility index (Phi) is 6.68. The van der Waals surface area contributed by atoms with Crippen LogP contribution in [0.4, 0.5) is 11.4 Å². The summed E-state index contributed by atoms with van der Waals surface area (Å²) in [5.74, 6) is -0.338. The Morgan fingerprint density at radius 3 is 1.98 bits per heavy atom. The maximum Gasteiger partial charge on any atom is 0.197 e. The summed E-state index contributed by atoms with van der Waals surface area (Å²) < 4.78 is 2.21. The van der Waals surface area contributed by atoms with E-state index in [0.29, 0.717) is 16.2 Å². The van der Waals surface area contributed by atoms with E-state index in [9.17, 15) is 9.59 Å². The quantitative estimate of drug-likeness (QED) is 0.203. The summed E-state index contributed by atoms with van der Waals surface area (Å²) >= 11 is 0. The average Bonchev–Trinajstić information content (AvgIpc) is 3.16. The minimum Gasteiger partial charge on any atom is -0.332 e. The van der Waals surface area contributed by atoms with E-state index >= 15 is 0 Å². The Bertz CT molecular complexity index is 2480. The second-order valence-corrected chi connectivity index (χ2v) is 12.6. The molecule has 0 spiro atoms. The number of Topliss-reactive ketones (excluding diaryl/α,β-unsaturated/α-hetero) is 1. The van der Waals surface area contributed by atoms with Crippen molar-refractivity contribution in [2.75, 3.05) is 4.90 Å². The molecule has 4 heteroatoms. The van der Waals surface area contributed by atoms with Gasteiger partial charge in [-0.2, -0.15) is 0 Å². The van der Waals surface area contributed by atoms with Crippen LogP contribution in [-0.2, 0) is 0 Å². The van der Waals surface area contributed by atoms with Crippen LogP contribution in [0.15, 0.2) is 156 Å². The van der Waals surface area contributed by atoms with Gasteiger partial charge in [-0.15, -0.1) is 0 Å². The molecule has 0 amide bonds. The lowest BCUT2D eigenvalue weighted by molar-refractivity contribution is 0.0932. The van der Waals surface area contributed by atoms with Crippen molar-refractivity contribution in [3.8, 4) is 5.69 Å². The number of anilines is 2. The van der Waals surface area contributed by atoms with E-state index in [1.807, 2.05) is 97.1 Å². The molecule has 0 bridgehead atoms. The highest BCUT2D eigenvalue weighted by atomic mass is 16.1. The zero-order valence-corrected chi connectivity index (χ0v) is 26.3. The van der Waals surface area contributed by atoms with Crippen LogP contribution in [0.2, 0.25) is 0 Å². The van der Waals surface area contributed by atoms with Crippen molar-refractivity contribution in [2.24, 2.45) is 5.92 Å². The van der Waals surface area contributed by atoms with Gasteiger partial charge in [0.1, 0.15) is 0 Å². The molecule has 1 aromatic heterocycles. The van der Waals surface area contributed by atoms with Crippen LogP contribution < -0.4 is 20.9 Å². The number of hydrogen-bond acceptors (Lipinski definition) is 3. The standard InChI is InChI=1S/C44H32N2O2/c47-43-35-25-13-23-33(29-15-5-1-6-16-29)41(35)45(31-19-9-3-10-20-31)39-27-38-40(28-37(39)43)46(32-21-11-4-12-22-32)42-34(30-17-7-2-8-18-30)24-14-26-36(42)44(38)48/h1-13,15-23,25-28,35,41H,14,24H2. The summed E-state index contributed by atoms with van der Waals surface area (Å²) in [6.07, 6.45) is 9.89. The Balaban J connectivity index is 1.40. The van der Waals surface area contributed by atoms with E-state index in [-0.39, 0.29) is 17.3 Å². The summed E-state index contributed by atoms with van der Waals surface area (Å²) in [5.41, 5.74) is 8.45. The fraction of sp³-hybridized carbons (Fsp3) is 0.0909. The van der Waals surface area contributed by atoms with Gasteiger partial charge < -0.3 is 9.47 Å². The van der Waals surface area contributed by atoms with E-state index in [1.165, 1.54) is 0 Å². The molecule has 2 aliphatic carbocycles. The normalized spacial score (nSPS) is 18.1. The molecule has 0 radical (unpaired) electrons. The maximum absolute atomic E-state index is 14.8. The molecular formula is C44H32N2O2. The van der Waals surface area contributed by atoms with Crippen LogP contribution in [0.3, 0.4) is 0 Å². The SMILES string of the molecule is O=C1c2cc3c(cc2N(c2ccccc2)C2C(c4ccccc4)=CC=CC12)c(=O)c1c(n3-c2ccccc2)=C(c2ccccc2)CCC=1. The predicted octanol–water partition coefficient (Wildman–Crippen LogP) is 7.74. The van der Waals surface area contributed by atoms with E-state index in [1.54, 1.807) is 0 Å². The molecule has 48 heavy (non-hydrogen) atoms. The number of benzene rings is 5. The summed E-state index contributed by atoms with van der Waals surface area (Å²) in [4.78, 5) is 31.8. The fourth-order valence-corrected chi connectivity index (χ4v) is 7.89. The smallest absolute Gasteiger partial charge is 0.197 e. The predicted molar refractivity (Wildman–Crippen MR) is 195 cm³/mol. The zero-order valence-electron chi connectivity index (χ0n) is 26.3. The van der Waals surface area contributed by atoms with Gasteiger partial charge in [-0.1, -0.05) is 121 Å². The third kappa shape index (κ3) is 4.37. The second kappa shape index (κ2) is 11.4. The number of rotatable bonds is 4. The average molecular weight is 621 g/mol. The second-order valence-electron chi connectivity index (χ2n) is 12.6. The van der Waals surface area contributed by atoms with Crippen molar-refractivity contribution in [3.05, 3.63) is 189 Å². The first-order valence-electron chi connectivity index (χ1n) is 16.6. The molecule has 2 atom stereocenters. The van der Waals surface area contributed by atoms with Crippen molar-refractivity contribution in [2.45, 2.75) is 18.9 Å². The van der Waals surface area contributed by atoms with Crippen molar-refractivity contribution in [1.82, 2.24) is 4.57 Å². The van der Waals surface area contributed by atoms with E-state index in [0.717, 1.165) is 63.0 Å². The summed E-state index contributed by atoms with van der Waals surface area (Å²) in [5, 5.41) is 2.22. The molecule has 9 rings (SSSR count). The highest BCUT2D eigenvalue weighted by Crippen LogP contribution is 2.46. The molecule has 2 heterocycles. The summed E-state index contributed by atoms with van der Waals surface area (Å²) in [7, 11) is 0. The number of fused-ring (bicyclic) bond motifs is 4. The topological polar surface area (TPSA) is 42.3 Å². The number of carbonyl (C=O) groups excluding carboxylic acids is 1. The Hall–Kier alpha value is -6.00. The monoisotopic (exact) mass is 620 g/mol. The first-order chi connectivity index (χ1) is 23.7. The molecule has 4 nitrogen and oxygen atoms in total. The Morgan fingerprint density at radius 2 is 1.29 bits per heavy atom. The lowest BCUT2D eigenvalue weighted by Gasteiger charge is -2.44. The van der Waals surface area contributed by atoms with Gasteiger partial charge in [0, 0.05) is 27.5 Å². The molecule has 0 fully saturated rings. The summed E-state index contributed by atoms with van der Waals surface area (Å²) in [6.45, 7) is 0. The van der Waals surface area contributed by atoms with Gasteiger partial charge in [0.25, 0.3) is 0 Å². The zero-order chi connectivity index (χ0) is 32.2. The molecule has 0 saturated heterocycles. The van der Waals surface area contributed by atoms with Crippen LogP contribution >= 0.6 is 0 Å². The minimum atomic E-state index is -0.398. The van der Waals surface area contributed by atoms with Gasteiger partial charge in [-0.05, 0) is 71.5 Å². The number of aromatic nitrogens is 1. The molecule has 1 aliphatic heterocycles. The number of ketones is 1. The molecular weight excluding hydrogens is 588 g/mol. The van der Waals surface area contributed by atoms with Crippen LogP contribution in [0.5, 0.6) is 0 Å². The van der Waals surface area contributed by atoms with Crippen molar-refractivity contribution in [1.29, 1.82) is 0 Å². The van der Waals surface area contributed by atoms with Crippen molar-refractivity contribution < 1.29 is 4.79 Å². The lowest BCUT2D eigenvalue weighted by atomic mass is 9.76. The first kappa shape index (κ1) is 28.2. The number of pyridine rings is 1. The van der Waals surface area contributed by atoms with Gasteiger partial charge in [0.2, 0.25) is 0 Å². The Labute approximate surface area is 278 Å². The van der Waals surface area contributed by atoms with E-state index < -0.39 is 5.92 Å². The highest BCUT2D eigenvalue weighted by Gasteiger charge is 2.43. The van der Waals surface area contributed by atoms with Gasteiger partial charge in [-0.25, -0.2) is 0 Å². The number of nitrogens with zero attached hydrogens (tertiary/aromatic N) is 2. The fourth-order valence-electron chi connectivity index (χ4n) is 7.89. The van der Waals surface area contributed by atoms with Gasteiger partial charge in [0.05, 0.1) is 28.5 Å². The molecule has 5 aromatic carbocycles. The van der Waals surface area contributed by atoms with Gasteiger partial charge >= 0.3 is 0 Å². The Morgan fingerprint density at radius 1 is 0.667 bits per heavy atom. The number of para-hydroxylation sites is 2. The van der Waals surface area contributed by atoms with Gasteiger partial charge in [0.15, 0.2) is 11.2 Å². The third-order valence-corrected chi connectivity index (χ3v) is 9.99. The molecule has 2 unspecified atom stereocenters. The van der Waals surface area contributed by atoms with Crippen molar-refractivity contribution >= 4 is 45.3 Å². The molecule has 3 aliphatic rings. The largest absolute Gasteiger partial charge is 0.332 e. The minimum absolute atomic E-state index is 0.00642.